The fourth-order valence-corrected chi connectivity index (χ4v) is 4.03. The van der Waals surface area contributed by atoms with Gasteiger partial charge in [0.1, 0.15) is 12.6 Å². The molecule has 6 heteroatoms. The van der Waals surface area contributed by atoms with Crippen LogP contribution < -0.4 is 5.32 Å². The first-order valence-electron chi connectivity index (χ1n) is 9.80. The van der Waals surface area contributed by atoms with Crippen molar-refractivity contribution in [1.82, 2.24) is 10.3 Å². The van der Waals surface area contributed by atoms with Gasteiger partial charge in [-0.15, -0.1) is 0 Å². The number of rotatable bonds is 6. The second-order valence-corrected chi connectivity index (χ2v) is 7.36. The second kappa shape index (κ2) is 8.37. The molecule has 1 aliphatic carbocycles. The minimum absolute atomic E-state index is 0.0796. The number of carboxylic acid groups (broad SMARTS) is 1. The topological polar surface area (TPSA) is 88.5 Å². The number of carbonyl (C=O) groups excluding carboxylic acids is 1. The fourth-order valence-electron chi connectivity index (χ4n) is 4.03. The summed E-state index contributed by atoms with van der Waals surface area (Å²) in [6.07, 6.45) is 2.45. The molecule has 2 N–H and O–H groups in total. The van der Waals surface area contributed by atoms with Gasteiger partial charge in [0, 0.05) is 24.2 Å². The number of aliphatic carboxylic acids is 1. The highest BCUT2D eigenvalue weighted by atomic mass is 16.5. The standard InChI is InChI=1S/C24H22N2O4/c1-15(16-10-12-25-13-11-16)22(23(27)28)26-24(29)30-14-21-19-8-4-2-6-17(19)18-7-3-5-9-20(18)21/h2-13,15,21-22H,14H2,1H3,(H,26,29)(H,27,28)/t15-,22-/m0/s1. The van der Waals surface area contributed by atoms with E-state index < -0.39 is 24.0 Å². The average Bonchev–Trinajstić information content (AvgIpc) is 3.10. The quantitative estimate of drug-likeness (QED) is 0.646. The number of nitrogens with zero attached hydrogens (tertiary/aromatic N) is 1. The molecule has 6 nitrogen and oxygen atoms in total. The highest BCUT2D eigenvalue weighted by Crippen LogP contribution is 2.44. The lowest BCUT2D eigenvalue weighted by Crippen LogP contribution is -2.44. The van der Waals surface area contributed by atoms with Crippen LogP contribution in [0.5, 0.6) is 0 Å². The monoisotopic (exact) mass is 402 g/mol. The van der Waals surface area contributed by atoms with E-state index >= 15 is 0 Å². The third-order valence-electron chi connectivity index (χ3n) is 5.61. The van der Waals surface area contributed by atoms with Gasteiger partial charge in [-0.1, -0.05) is 55.5 Å². The third kappa shape index (κ3) is 3.76. The molecule has 3 aromatic rings. The van der Waals surface area contributed by atoms with Gasteiger partial charge in [0.05, 0.1) is 0 Å². The molecule has 0 bridgehead atoms. The molecule has 1 aliphatic rings. The van der Waals surface area contributed by atoms with E-state index in [0.29, 0.717) is 0 Å². The Balaban J connectivity index is 1.46. The van der Waals surface area contributed by atoms with Crippen molar-refractivity contribution in [2.45, 2.75) is 24.8 Å². The van der Waals surface area contributed by atoms with E-state index in [4.69, 9.17) is 4.74 Å². The predicted molar refractivity (Wildman–Crippen MR) is 112 cm³/mol. The summed E-state index contributed by atoms with van der Waals surface area (Å²) in [7, 11) is 0. The summed E-state index contributed by atoms with van der Waals surface area (Å²) in [5, 5.41) is 12.1. The molecular weight excluding hydrogens is 380 g/mol. The van der Waals surface area contributed by atoms with Gasteiger partial charge in [-0.2, -0.15) is 0 Å². The zero-order valence-corrected chi connectivity index (χ0v) is 16.5. The van der Waals surface area contributed by atoms with Crippen molar-refractivity contribution in [2.24, 2.45) is 0 Å². The molecular formula is C24H22N2O4. The number of aromatic nitrogens is 1. The van der Waals surface area contributed by atoms with Crippen LogP contribution in [0.25, 0.3) is 11.1 Å². The largest absolute Gasteiger partial charge is 0.480 e. The van der Waals surface area contributed by atoms with Crippen molar-refractivity contribution in [3.63, 3.8) is 0 Å². The molecule has 0 fully saturated rings. The Bertz CT molecular complexity index is 1020. The zero-order valence-electron chi connectivity index (χ0n) is 16.5. The van der Waals surface area contributed by atoms with Crippen molar-refractivity contribution >= 4 is 12.1 Å². The first-order valence-corrected chi connectivity index (χ1v) is 9.80. The maximum Gasteiger partial charge on any atom is 0.407 e. The summed E-state index contributed by atoms with van der Waals surface area (Å²) in [6.45, 7) is 1.88. The van der Waals surface area contributed by atoms with Crippen LogP contribution in [-0.4, -0.2) is 34.8 Å². The van der Waals surface area contributed by atoms with Gasteiger partial charge in [-0.25, -0.2) is 9.59 Å². The van der Waals surface area contributed by atoms with Gasteiger partial charge in [0.2, 0.25) is 0 Å². The maximum absolute atomic E-state index is 12.5. The van der Waals surface area contributed by atoms with E-state index in [1.807, 2.05) is 36.4 Å². The van der Waals surface area contributed by atoms with E-state index in [1.165, 1.54) is 0 Å². The molecule has 0 saturated carbocycles. The molecule has 0 spiro atoms. The molecule has 1 amide bonds. The van der Waals surface area contributed by atoms with Gasteiger partial charge in [-0.3, -0.25) is 4.98 Å². The molecule has 0 aliphatic heterocycles. The zero-order chi connectivity index (χ0) is 21.1. The lowest BCUT2D eigenvalue weighted by Gasteiger charge is -2.22. The van der Waals surface area contributed by atoms with Crippen LogP contribution in [-0.2, 0) is 9.53 Å². The predicted octanol–water partition coefficient (Wildman–Crippen LogP) is 4.18. The molecule has 0 radical (unpaired) electrons. The summed E-state index contributed by atoms with van der Waals surface area (Å²) >= 11 is 0. The van der Waals surface area contributed by atoms with Crippen molar-refractivity contribution in [3.05, 3.63) is 89.7 Å². The van der Waals surface area contributed by atoms with Crippen LogP contribution in [0.2, 0.25) is 0 Å². The first-order chi connectivity index (χ1) is 14.6. The Labute approximate surface area is 174 Å². The number of fused-ring (bicyclic) bond motifs is 3. The van der Waals surface area contributed by atoms with E-state index in [1.54, 1.807) is 31.5 Å². The summed E-state index contributed by atoms with van der Waals surface area (Å²) in [4.78, 5) is 28.2. The molecule has 2 atom stereocenters. The minimum Gasteiger partial charge on any atom is -0.480 e. The number of nitrogens with one attached hydrogen (secondary N) is 1. The van der Waals surface area contributed by atoms with Crippen molar-refractivity contribution in [3.8, 4) is 11.1 Å². The average molecular weight is 402 g/mol. The second-order valence-electron chi connectivity index (χ2n) is 7.36. The first kappa shape index (κ1) is 19.6. The SMILES string of the molecule is C[C@@H](c1ccncc1)[C@H](NC(=O)OCC1c2ccccc2-c2ccccc21)C(=O)O. The molecule has 30 heavy (non-hydrogen) atoms. The number of alkyl carbamates (subject to hydrolysis) is 1. The number of amides is 1. The van der Waals surface area contributed by atoms with Crippen LogP contribution in [0.15, 0.2) is 73.1 Å². The molecule has 2 aromatic carbocycles. The molecule has 0 unspecified atom stereocenters. The summed E-state index contributed by atoms with van der Waals surface area (Å²) in [5.41, 5.74) is 5.25. The maximum atomic E-state index is 12.5. The Kier molecular flexibility index (Phi) is 5.48. The number of ether oxygens (including phenoxy) is 1. The van der Waals surface area contributed by atoms with E-state index in [9.17, 15) is 14.7 Å². The normalized spacial score (nSPS) is 14.3. The molecule has 1 heterocycles. The number of carboxylic acids is 1. The van der Waals surface area contributed by atoms with Crippen LogP contribution in [0.1, 0.15) is 35.4 Å². The summed E-state index contributed by atoms with van der Waals surface area (Å²) in [5.74, 6) is -1.64. The molecule has 4 rings (SSSR count). The lowest BCUT2D eigenvalue weighted by atomic mass is 9.94. The van der Waals surface area contributed by atoms with Crippen molar-refractivity contribution in [1.29, 1.82) is 0 Å². The smallest absolute Gasteiger partial charge is 0.407 e. The van der Waals surface area contributed by atoms with Crippen LogP contribution >= 0.6 is 0 Å². The van der Waals surface area contributed by atoms with E-state index in [2.05, 4.69) is 22.4 Å². The van der Waals surface area contributed by atoms with Crippen LogP contribution in [0.3, 0.4) is 0 Å². The Morgan fingerprint density at radius 2 is 1.57 bits per heavy atom. The Hall–Kier alpha value is -3.67. The number of hydrogen-bond acceptors (Lipinski definition) is 4. The van der Waals surface area contributed by atoms with Crippen LogP contribution in [0, 0.1) is 0 Å². The van der Waals surface area contributed by atoms with Gasteiger partial charge in [0.25, 0.3) is 0 Å². The van der Waals surface area contributed by atoms with Crippen molar-refractivity contribution in [2.75, 3.05) is 6.61 Å². The fraction of sp³-hybridized carbons (Fsp3) is 0.208. The third-order valence-corrected chi connectivity index (χ3v) is 5.61. The molecule has 1 aromatic heterocycles. The highest BCUT2D eigenvalue weighted by Gasteiger charge is 2.31. The van der Waals surface area contributed by atoms with Gasteiger partial charge in [0.15, 0.2) is 0 Å². The summed E-state index contributed by atoms with van der Waals surface area (Å²) < 4.78 is 5.48. The number of hydrogen-bond donors (Lipinski definition) is 2. The molecule has 0 saturated heterocycles. The number of carbonyl (C=O) groups is 2. The van der Waals surface area contributed by atoms with E-state index in [-0.39, 0.29) is 12.5 Å². The number of pyridine rings is 1. The van der Waals surface area contributed by atoms with Gasteiger partial charge < -0.3 is 15.2 Å². The van der Waals surface area contributed by atoms with Crippen LogP contribution in [0.4, 0.5) is 4.79 Å². The molecule has 152 valence electrons. The van der Waals surface area contributed by atoms with Crippen molar-refractivity contribution < 1.29 is 19.4 Å². The Morgan fingerprint density at radius 3 is 2.13 bits per heavy atom. The lowest BCUT2D eigenvalue weighted by molar-refractivity contribution is -0.139. The van der Waals surface area contributed by atoms with Gasteiger partial charge in [-0.05, 0) is 39.9 Å². The highest BCUT2D eigenvalue weighted by molar-refractivity contribution is 5.81. The van der Waals surface area contributed by atoms with E-state index in [0.717, 1.165) is 27.8 Å². The summed E-state index contributed by atoms with van der Waals surface area (Å²) in [6, 6.07) is 18.5. The van der Waals surface area contributed by atoms with Gasteiger partial charge >= 0.3 is 12.1 Å². The minimum atomic E-state index is -1.12. The Morgan fingerprint density at radius 1 is 1.00 bits per heavy atom. The number of benzene rings is 2.